The molecule has 0 aliphatic heterocycles. The molecule has 17 heavy (non-hydrogen) atoms. The SMILES string of the molecule is CCC[C@H](O)[C@H](N)c1cc(Br)ccc1OCC. The summed E-state index contributed by atoms with van der Waals surface area (Å²) in [5, 5.41) is 9.96. The summed E-state index contributed by atoms with van der Waals surface area (Å²) in [6, 6.07) is 5.29. The Balaban J connectivity index is 2.96. The van der Waals surface area contributed by atoms with Crippen LogP contribution in [-0.2, 0) is 0 Å². The van der Waals surface area contributed by atoms with Crippen LogP contribution in [0.2, 0.25) is 0 Å². The van der Waals surface area contributed by atoms with E-state index >= 15 is 0 Å². The van der Waals surface area contributed by atoms with Gasteiger partial charge in [-0.1, -0.05) is 29.3 Å². The van der Waals surface area contributed by atoms with Crippen LogP contribution in [0.15, 0.2) is 22.7 Å². The van der Waals surface area contributed by atoms with Gasteiger partial charge in [0.1, 0.15) is 5.75 Å². The van der Waals surface area contributed by atoms with Crippen LogP contribution in [0.1, 0.15) is 38.3 Å². The largest absolute Gasteiger partial charge is 0.494 e. The van der Waals surface area contributed by atoms with Crippen molar-refractivity contribution in [2.24, 2.45) is 5.73 Å². The molecule has 0 unspecified atom stereocenters. The first-order valence-electron chi connectivity index (χ1n) is 5.96. The van der Waals surface area contributed by atoms with Gasteiger partial charge in [0.25, 0.3) is 0 Å². The van der Waals surface area contributed by atoms with Gasteiger partial charge in [-0.05, 0) is 31.5 Å². The zero-order chi connectivity index (χ0) is 12.8. The minimum Gasteiger partial charge on any atom is -0.494 e. The van der Waals surface area contributed by atoms with Crippen molar-refractivity contribution in [3.63, 3.8) is 0 Å². The molecule has 1 aromatic carbocycles. The molecule has 1 aromatic rings. The highest BCUT2D eigenvalue weighted by Gasteiger charge is 2.20. The number of hydrogen-bond acceptors (Lipinski definition) is 3. The van der Waals surface area contributed by atoms with Crippen LogP contribution in [0, 0.1) is 0 Å². The maximum atomic E-state index is 9.96. The average molecular weight is 302 g/mol. The maximum absolute atomic E-state index is 9.96. The van der Waals surface area contributed by atoms with Gasteiger partial charge in [0.05, 0.1) is 18.8 Å². The zero-order valence-corrected chi connectivity index (χ0v) is 11.9. The Morgan fingerprint density at radius 2 is 2.12 bits per heavy atom. The fourth-order valence-corrected chi connectivity index (χ4v) is 2.13. The minimum absolute atomic E-state index is 0.408. The fraction of sp³-hybridized carbons (Fsp3) is 0.538. The Hall–Kier alpha value is -0.580. The quantitative estimate of drug-likeness (QED) is 0.849. The van der Waals surface area contributed by atoms with Crippen LogP contribution in [-0.4, -0.2) is 17.8 Å². The van der Waals surface area contributed by atoms with E-state index < -0.39 is 12.1 Å². The Morgan fingerprint density at radius 1 is 1.41 bits per heavy atom. The molecule has 0 aliphatic carbocycles. The predicted molar refractivity (Wildman–Crippen MR) is 73.2 cm³/mol. The summed E-state index contributed by atoms with van der Waals surface area (Å²) in [6.45, 7) is 4.55. The first kappa shape index (κ1) is 14.5. The lowest BCUT2D eigenvalue weighted by Crippen LogP contribution is -2.26. The number of rotatable bonds is 6. The van der Waals surface area contributed by atoms with Gasteiger partial charge in [-0.2, -0.15) is 0 Å². The maximum Gasteiger partial charge on any atom is 0.124 e. The molecule has 0 amide bonds. The summed E-state index contributed by atoms with van der Waals surface area (Å²) in [6.07, 6.45) is 1.07. The van der Waals surface area contributed by atoms with Crippen LogP contribution in [0.5, 0.6) is 5.75 Å². The molecule has 0 aliphatic rings. The van der Waals surface area contributed by atoms with Gasteiger partial charge < -0.3 is 15.6 Å². The number of benzene rings is 1. The van der Waals surface area contributed by atoms with Crippen LogP contribution >= 0.6 is 15.9 Å². The van der Waals surface area contributed by atoms with E-state index in [1.165, 1.54) is 0 Å². The molecule has 0 saturated heterocycles. The van der Waals surface area contributed by atoms with Gasteiger partial charge in [0.15, 0.2) is 0 Å². The summed E-state index contributed by atoms with van der Waals surface area (Å²) in [7, 11) is 0. The van der Waals surface area contributed by atoms with Gasteiger partial charge in [-0.15, -0.1) is 0 Å². The molecule has 4 heteroatoms. The standard InChI is InChI=1S/C13H20BrNO2/c1-3-5-11(16)13(15)10-8-9(14)6-7-12(10)17-4-2/h6-8,11,13,16H,3-5,15H2,1-2H3/t11-,13+/m0/s1. The number of aliphatic hydroxyl groups is 1. The number of hydrogen-bond donors (Lipinski definition) is 2. The van der Waals surface area contributed by atoms with Gasteiger partial charge in [0, 0.05) is 10.0 Å². The van der Waals surface area contributed by atoms with E-state index in [-0.39, 0.29) is 0 Å². The molecule has 0 heterocycles. The molecule has 2 atom stereocenters. The topological polar surface area (TPSA) is 55.5 Å². The second-order valence-corrected chi connectivity index (χ2v) is 4.91. The van der Waals surface area contributed by atoms with Crippen molar-refractivity contribution in [2.75, 3.05) is 6.61 Å². The van der Waals surface area contributed by atoms with E-state index in [4.69, 9.17) is 10.5 Å². The normalized spacial score (nSPS) is 14.4. The van der Waals surface area contributed by atoms with Gasteiger partial charge >= 0.3 is 0 Å². The molecule has 96 valence electrons. The summed E-state index contributed by atoms with van der Waals surface area (Å²) in [5.41, 5.74) is 6.92. The lowest BCUT2D eigenvalue weighted by molar-refractivity contribution is 0.132. The van der Waals surface area contributed by atoms with Crippen molar-refractivity contribution in [3.05, 3.63) is 28.2 Å². The van der Waals surface area contributed by atoms with Gasteiger partial charge in [0.2, 0.25) is 0 Å². The van der Waals surface area contributed by atoms with Crippen molar-refractivity contribution in [1.29, 1.82) is 0 Å². The van der Waals surface area contributed by atoms with E-state index in [0.29, 0.717) is 13.0 Å². The first-order valence-corrected chi connectivity index (χ1v) is 6.75. The van der Waals surface area contributed by atoms with E-state index in [1.54, 1.807) is 0 Å². The van der Waals surface area contributed by atoms with Crippen molar-refractivity contribution < 1.29 is 9.84 Å². The molecular weight excluding hydrogens is 282 g/mol. The second kappa shape index (κ2) is 6.99. The van der Waals surface area contributed by atoms with E-state index in [9.17, 15) is 5.11 Å². The van der Waals surface area contributed by atoms with Gasteiger partial charge in [-0.25, -0.2) is 0 Å². The molecule has 0 radical (unpaired) electrons. The monoisotopic (exact) mass is 301 g/mol. The summed E-state index contributed by atoms with van der Waals surface area (Å²) in [4.78, 5) is 0. The van der Waals surface area contributed by atoms with Crippen LogP contribution in [0.3, 0.4) is 0 Å². The van der Waals surface area contributed by atoms with Crippen molar-refractivity contribution in [1.82, 2.24) is 0 Å². The highest BCUT2D eigenvalue weighted by molar-refractivity contribution is 9.10. The number of nitrogens with two attached hydrogens (primary N) is 1. The number of ether oxygens (including phenoxy) is 1. The molecule has 0 spiro atoms. The smallest absolute Gasteiger partial charge is 0.124 e. The molecular formula is C13H20BrNO2. The van der Waals surface area contributed by atoms with Crippen molar-refractivity contribution >= 4 is 15.9 Å². The third kappa shape index (κ3) is 3.98. The predicted octanol–water partition coefficient (Wildman–Crippen LogP) is 3.01. The number of halogens is 1. The van der Waals surface area contributed by atoms with E-state index in [1.807, 2.05) is 32.0 Å². The second-order valence-electron chi connectivity index (χ2n) is 4.00. The molecule has 1 rings (SSSR count). The van der Waals surface area contributed by atoms with E-state index in [0.717, 1.165) is 22.2 Å². The molecule has 3 nitrogen and oxygen atoms in total. The summed E-state index contributed by atoms with van der Waals surface area (Å²) >= 11 is 3.41. The third-order valence-electron chi connectivity index (χ3n) is 2.63. The van der Waals surface area contributed by atoms with Crippen molar-refractivity contribution in [3.8, 4) is 5.75 Å². The zero-order valence-electron chi connectivity index (χ0n) is 10.3. The van der Waals surface area contributed by atoms with Crippen LogP contribution in [0.4, 0.5) is 0 Å². The average Bonchev–Trinajstić information content (AvgIpc) is 2.31. The lowest BCUT2D eigenvalue weighted by atomic mass is 9.98. The number of aliphatic hydroxyl groups excluding tert-OH is 1. The summed E-state index contributed by atoms with van der Waals surface area (Å²) < 4.78 is 6.47. The first-order chi connectivity index (χ1) is 8.10. The Bertz CT molecular complexity index is 357. The Morgan fingerprint density at radius 3 is 2.71 bits per heavy atom. The molecule has 3 N–H and O–H groups in total. The minimum atomic E-state index is -0.534. The highest BCUT2D eigenvalue weighted by Crippen LogP contribution is 2.30. The molecule has 0 bridgehead atoms. The molecule has 0 saturated carbocycles. The van der Waals surface area contributed by atoms with Crippen LogP contribution < -0.4 is 10.5 Å². The highest BCUT2D eigenvalue weighted by atomic mass is 79.9. The Kier molecular flexibility index (Phi) is 5.95. The third-order valence-corrected chi connectivity index (χ3v) is 3.12. The molecule has 0 aromatic heterocycles. The van der Waals surface area contributed by atoms with Gasteiger partial charge in [-0.3, -0.25) is 0 Å². The summed E-state index contributed by atoms with van der Waals surface area (Å²) in [5.74, 6) is 0.748. The van der Waals surface area contributed by atoms with Crippen molar-refractivity contribution in [2.45, 2.75) is 38.8 Å². The fourth-order valence-electron chi connectivity index (χ4n) is 1.75. The Labute approximate surface area is 111 Å². The van der Waals surface area contributed by atoms with E-state index in [2.05, 4.69) is 15.9 Å². The lowest BCUT2D eigenvalue weighted by Gasteiger charge is -2.21. The van der Waals surface area contributed by atoms with Crippen LogP contribution in [0.25, 0.3) is 0 Å². The molecule has 0 fully saturated rings.